The van der Waals surface area contributed by atoms with Crippen LogP contribution in [0.2, 0.25) is 0 Å². The van der Waals surface area contributed by atoms with E-state index in [1.807, 2.05) is 45.0 Å². The number of aromatic nitrogens is 1. The zero-order chi connectivity index (χ0) is 15.5. The molecule has 0 aliphatic carbocycles. The molecule has 0 aliphatic heterocycles. The van der Waals surface area contributed by atoms with Crippen LogP contribution in [0, 0.1) is 5.82 Å². The van der Waals surface area contributed by atoms with Crippen molar-refractivity contribution in [1.29, 1.82) is 0 Å². The minimum atomic E-state index is -0.806. The van der Waals surface area contributed by atoms with Crippen LogP contribution in [0.3, 0.4) is 0 Å². The first-order valence-corrected chi connectivity index (χ1v) is 7.14. The number of hydrogen-bond donors (Lipinski definition) is 1. The van der Waals surface area contributed by atoms with Crippen LogP contribution in [0.25, 0.3) is 0 Å². The maximum atomic E-state index is 13.1. The molecule has 2 aromatic rings. The van der Waals surface area contributed by atoms with E-state index in [1.165, 1.54) is 12.3 Å². The number of nitrogens with two attached hydrogens (primary N) is 1. The summed E-state index contributed by atoms with van der Waals surface area (Å²) in [6.07, 6.45) is 1.87. The van der Waals surface area contributed by atoms with Crippen molar-refractivity contribution in [2.24, 2.45) is 5.73 Å². The van der Waals surface area contributed by atoms with Crippen molar-refractivity contribution in [2.75, 3.05) is 0 Å². The molecule has 4 heteroatoms. The lowest BCUT2D eigenvalue weighted by atomic mass is 9.84. The molecule has 21 heavy (non-hydrogen) atoms. The summed E-state index contributed by atoms with van der Waals surface area (Å²) in [6, 6.07) is 10.7. The average Bonchev–Trinajstić information content (AvgIpc) is 2.47. The second-order valence-corrected chi connectivity index (χ2v) is 5.35. The van der Waals surface area contributed by atoms with Gasteiger partial charge in [-0.25, -0.2) is 4.39 Å². The SMILES string of the molecule is CCC(N)(c1ccc(F)cn1)c1ccccc1OC(C)C. The van der Waals surface area contributed by atoms with Crippen molar-refractivity contribution in [3.63, 3.8) is 0 Å². The lowest BCUT2D eigenvalue weighted by molar-refractivity contribution is 0.235. The molecule has 0 saturated heterocycles. The van der Waals surface area contributed by atoms with Gasteiger partial charge in [-0.2, -0.15) is 0 Å². The Bertz CT molecular complexity index is 598. The van der Waals surface area contributed by atoms with Crippen LogP contribution >= 0.6 is 0 Å². The third-order valence-electron chi connectivity index (χ3n) is 3.47. The molecule has 1 unspecified atom stereocenters. The molecule has 112 valence electrons. The van der Waals surface area contributed by atoms with Crippen molar-refractivity contribution in [2.45, 2.75) is 38.8 Å². The van der Waals surface area contributed by atoms with Crippen LogP contribution in [-0.4, -0.2) is 11.1 Å². The number of ether oxygens (including phenoxy) is 1. The lowest BCUT2D eigenvalue weighted by Crippen LogP contribution is -2.38. The number of nitrogens with zero attached hydrogens (tertiary/aromatic N) is 1. The number of rotatable bonds is 5. The van der Waals surface area contributed by atoms with Gasteiger partial charge < -0.3 is 10.5 Å². The van der Waals surface area contributed by atoms with Crippen LogP contribution in [0.4, 0.5) is 4.39 Å². The molecule has 3 nitrogen and oxygen atoms in total. The van der Waals surface area contributed by atoms with Crippen molar-refractivity contribution in [1.82, 2.24) is 4.98 Å². The summed E-state index contributed by atoms with van der Waals surface area (Å²) in [5.74, 6) is 0.367. The number of halogens is 1. The number of benzene rings is 1. The second-order valence-electron chi connectivity index (χ2n) is 5.35. The monoisotopic (exact) mass is 288 g/mol. The fourth-order valence-electron chi connectivity index (χ4n) is 2.34. The van der Waals surface area contributed by atoms with Crippen molar-refractivity contribution >= 4 is 0 Å². The van der Waals surface area contributed by atoms with Gasteiger partial charge in [-0.1, -0.05) is 25.1 Å². The van der Waals surface area contributed by atoms with Crippen molar-refractivity contribution < 1.29 is 9.13 Å². The van der Waals surface area contributed by atoms with Gasteiger partial charge in [0.05, 0.1) is 23.5 Å². The summed E-state index contributed by atoms with van der Waals surface area (Å²) < 4.78 is 19.0. The number of hydrogen-bond acceptors (Lipinski definition) is 3. The highest BCUT2D eigenvalue weighted by Gasteiger charge is 2.32. The molecule has 0 saturated carbocycles. The van der Waals surface area contributed by atoms with Crippen molar-refractivity contribution in [3.05, 3.63) is 59.7 Å². The minimum Gasteiger partial charge on any atom is -0.491 e. The van der Waals surface area contributed by atoms with E-state index in [0.717, 1.165) is 11.3 Å². The van der Waals surface area contributed by atoms with Gasteiger partial charge in [0.2, 0.25) is 0 Å². The van der Waals surface area contributed by atoms with Gasteiger partial charge in [-0.15, -0.1) is 0 Å². The topological polar surface area (TPSA) is 48.1 Å². The highest BCUT2D eigenvalue weighted by Crippen LogP contribution is 2.35. The Hall–Kier alpha value is -1.94. The maximum Gasteiger partial charge on any atom is 0.141 e. The van der Waals surface area contributed by atoms with Gasteiger partial charge in [-0.05, 0) is 38.5 Å². The van der Waals surface area contributed by atoms with Crippen LogP contribution in [0.5, 0.6) is 5.75 Å². The zero-order valence-corrected chi connectivity index (χ0v) is 12.6. The summed E-state index contributed by atoms with van der Waals surface area (Å²) in [4.78, 5) is 4.16. The quantitative estimate of drug-likeness (QED) is 0.914. The van der Waals surface area contributed by atoms with E-state index in [9.17, 15) is 4.39 Å². The maximum absolute atomic E-state index is 13.1. The fraction of sp³-hybridized carbons (Fsp3) is 0.353. The Kier molecular flexibility index (Phi) is 4.58. The molecule has 0 fully saturated rings. The van der Waals surface area contributed by atoms with Gasteiger partial charge in [0.25, 0.3) is 0 Å². The first kappa shape index (κ1) is 15.4. The van der Waals surface area contributed by atoms with E-state index in [2.05, 4.69) is 4.98 Å². The van der Waals surface area contributed by atoms with E-state index in [4.69, 9.17) is 10.5 Å². The summed E-state index contributed by atoms with van der Waals surface area (Å²) in [6.45, 7) is 5.92. The standard InChI is InChI=1S/C17H21FN2O/c1-4-17(19,16-10-9-13(18)11-20-16)14-7-5-6-8-15(14)21-12(2)3/h5-12H,4,19H2,1-3H3. The highest BCUT2D eigenvalue weighted by molar-refractivity contribution is 5.44. The van der Waals surface area contributed by atoms with E-state index in [1.54, 1.807) is 6.07 Å². The Labute approximate surface area is 125 Å². The Morgan fingerprint density at radius 2 is 1.95 bits per heavy atom. The van der Waals surface area contributed by atoms with Crippen LogP contribution < -0.4 is 10.5 Å². The highest BCUT2D eigenvalue weighted by atomic mass is 19.1. The molecule has 1 aromatic heterocycles. The van der Waals surface area contributed by atoms with E-state index in [0.29, 0.717) is 12.1 Å². The van der Waals surface area contributed by atoms with Crippen LogP contribution in [0.15, 0.2) is 42.6 Å². The minimum absolute atomic E-state index is 0.0495. The van der Waals surface area contributed by atoms with Gasteiger partial charge in [0, 0.05) is 5.56 Å². The lowest BCUT2D eigenvalue weighted by Gasteiger charge is -2.30. The molecule has 0 spiro atoms. The smallest absolute Gasteiger partial charge is 0.141 e. The normalized spacial score (nSPS) is 14.0. The molecule has 0 amide bonds. The molecular weight excluding hydrogens is 267 g/mol. The molecule has 1 atom stereocenters. The second kappa shape index (κ2) is 6.22. The Morgan fingerprint density at radius 1 is 1.24 bits per heavy atom. The van der Waals surface area contributed by atoms with Gasteiger partial charge in [-0.3, -0.25) is 4.98 Å². The zero-order valence-electron chi connectivity index (χ0n) is 12.6. The van der Waals surface area contributed by atoms with E-state index >= 15 is 0 Å². The molecule has 2 rings (SSSR count). The molecule has 0 aliphatic rings. The summed E-state index contributed by atoms with van der Waals surface area (Å²) >= 11 is 0. The third kappa shape index (κ3) is 3.22. The number of para-hydroxylation sites is 1. The predicted octanol–water partition coefficient (Wildman–Crippen LogP) is 3.62. The first-order chi connectivity index (χ1) is 9.97. The summed E-state index contributed by atoms with van der Waals surface area (Å²) in [5.41, 5.74) is 7.29. The van der Waals surface area contributed by atoms with Crippen molar-refractivity contribution in [3.8, 4) is 5.75 Å². The molecule has 1 aromatic carbocycles. The molecule has 0 radical (unpaired) electrons. The summed E-state index contributed by atoms with van der Waals surface area (Å²) in [5, 5.41) is 0. The van der Waals surface area contributed by atoms with Gasteiger partial charge in [0.15, 0.2) is 0 Å². The van der Waals surface area contributed by atoms with E-state index in [-0.39, 0.29) is 11.9 Å². The Balaban J connectivity index is 2.52. The molecule has 1 heterocycles. The molecule has 0 bridgehead atoms. The average molecular weight is 288 g/mol. The summed E-state index contributed by atoms with van der Waals surface area (Å²) in [7, 11) is 0. The largest absolute Gasteiger partial charge is 0.491 e. The predicted molar refractivity (Wildman–Crippen MR) is 81.7 cm³/mol. The Morgan fingerprint density at radius 3 is 2.52 bits per heavy atom. The fourth-order valence-corrected chi connectivity index (χ4v) is 2.34. The van der Waals surface area contributed by atoms with Crippen LogP contribution in [-0.2, 0) is 5.54 Å². The number of pyridine rings is 1. The van der Waals surface area contributed by atoms with Crippen LogP contribution in [0.1, 0.15) is 38.4 Å². The van der Waals surface area contributed by atoms with Gasteiger partial charge in [0.1, 0.15) is 11.6 Å². The molecule has 2 N–H and O–H groups in total. The first-order valence-electron chi connectivity index (χ1n) is 7.14. The van der Waals surface area contributed by atoms with E-state index < -0.39 is 5.54 Å². The van der Waals surface area contributed by atoms with Gasteiger partial charge >= 0.3 is 0 Å². The third-order valence-corrected chi connectivity index (χ3v) is 3.47. The molecular formula is C17H21FN2O.